The predicted molar refractivity (Wildman–Crippen MR) is 132 cm³/mol. The molecule has 182 valence electrons. The molecule has 0 saturated carbocycles. The van der Waals surface area contributed by atoms with Crippen LogP contribution in [0.25, 0.3) is 40.8 Å². The first-order valence-corrected chi connectivity index (χ1v) is 12.3. The Balaban J connectivity index is 1.54. The molecule has 0 bridgehead atoms. The van der Waals surface area contributed by atoms with Crippen LogP contribution in [0.5, 0.6) is 0 Å². The molecule has 0 atom stereocenters. The Hall–Kier alpha value is -4.77. The Morgan fingerprint density at radius 1 is 1.03 bits per heavy atom. The van der Waals surface area contributed by atoms with Gasteiger partial charge in [-0.3, -0.25) is 9.55 Å². The van der Waals surface area contributed by atoms with Crippen molar-refractivity contribution in [1.29, 1.82) is 5.26 Å². The quantitative estimate of drug-likeness (QED) is 0.342. The van der Waals surface area contributed by atoms with Gasteiger partial charge in [0, 0.05) is 24.0 Å². The summed E-state index contributed by atoms with van der Waals surface area (Å²) in [7, 11) is -3.91. The van der Waals surface area contributed by atoms with Crippen LogP contribution in [0.2, 0.25) is 5.02 Å². The van der Waals surface area contributed by atoms with Crippen molar-refractivity contribution in [3.63, 3.8) is 0 Å². The van der Waals surface area contributed by atoms with Gasteiger partial charge in [0.1, 0.15) is 22.4 Å². The van der Waals surface area contributed by atoms with Crippen LogP contribution >= 0.6 is 11.6 Å². The molecule has 14 heteroatoms. The van der Waals surface area contributed by atoms with Crippen molar-refractivity contribution in [2.75, 3.05) is 0 Å². The number of pyridine rings is 2. The van der Waals surface area contributed by atoms with Gasteiger partial charge in [0.25, 0.3) is 0 Å². The second-order valence-electron chi connectivity index (χ2n) is 7.41. The van der Waals surface area contributed by atoms with Crippen LogP contribution in [0, 0.1) is 11.3 Å². The van der Waals surface area contributed by atoms with Gasteiger partial charge in [0.2, 0.25) is 21.8 Å². The summed E-state index contributed by atoms with van der Waals surface area (Å²) in [4.78, 5) is 7.98. The first-order chi connectivity index (χ1) is 17.8. The van der Waals surface area contributed by atoms with E-state index in [1.165, 1.54) is 24.4 Å². The number of nitriles is 1. The lowest BCUT2D eigenvalue weighted by Crippen LogP contribution is -2.12. The largest absolute Gasteiger partial charge is 0.417 e. The van der Waals surface area contributed by atoms with E-state index in [9.17, 15) is 8.42 Å². The first-order valence-electron chi connectivity index (χ1n) is 10.4. The number of rotatable bonds is 6. The van der Waals surface area contributed by atoms with E-state index in [1.807, 2.05) is 6.07 Å². The van der Waals surface area contributed by atoms with Crippen molar-refractivity contribution in [3.05, 3.63) is 83.4 Å². The normalized spacial score (nSPS) is 11.6. The molecule has 37 heavy (non-hydrogen) atoms. The maximum absolute atomic E-state index is 11.6. The number of nitrogens with two attached hydrogens (primary N) is 1. The average Bonchev–Trinajstić information content (AvgIpc) is 3.55. The number of hydrogen-bond donors (Lipinski definition) is 1. The molecular weight excluding hydrogens is 518 g/mol. The summed E-state index contributed by atoms with van der Waals surface area (Å²) >= 11 is 6.46. The summed E-state index contributed by atoms with van der Waals surface area (Å²) in [6, 6.07) is 15.0. The molecule has 0 radical (unpaired) electrons. The molecule has 0 fully saturated rings. The van der Waals surface area contributed by atoms with Gasteiger partial charge in [-0.2, -0.15) is 5.26 Å². The highest BCUT2D eigenvalue weighted by Gasteiger charge is 2.18. The molecule has 0 saturated heterocycles. The Bertz CT molecular complexity index is 1790. The summed E-state index contributed by atoms with van der Waals surface area (Å²) in [6.45, 7) is 0. The van der Waals surface area contributed by atoms with Crippen LogP contribution in [-0.2, 0) is 10.0 Å². The summed E-state index contributed by atoms with van der Waals surface area (Å²) < 4.78 is 30.5. The lowest BCUT2D eigenvalue weighted by Gasteiger charge is -2.10. The molecular formula is C23H14ClN9O3S. The highest BCUT2D eigenvalue weighted by atomic mass is 35.5. The maximum atomic E-state index is 11.6. The monoisotopic (exact) mass is 531 g/mol. The molecule has 0 aliphatic carbocycles. The number of para-hydroxylation sites is 1. The van der Waals surface area contributed by atoms with E-state index >= 15 is 0 Å². The minimum Gasteiger partial charge on any atom is -0.417 e. The molecule has 4 heterocycles. The number of sulfonamides is 1. The predicted octanol–water partition coefficient (Wildman–Crippen LogP) is 3.12. The summed E-state index contributed by atoms with van der Waals surface area (Å²) in [5.41, 5.74) is 1.67. The third kappa shape index (κ3) is 4.98. The van der Waals surface area contributed by atoms with Gasteiger partial charge in [-0.05, 0) is 42.5 Å². The zero-order valence-electron chi connectivity index (χ0n) is 18.6. The Kier molecular flexibility index (Phi) is 6.28. The van der Waals surface area contributed by atoms with Crippen LogP contribution < -0.4 is 5.14 Å². The second-order valence-corrected chi connectivity index (χ2v) is 9.38. The fraction of sp³-hybridized carbons (Fsp3) is 0. The SMILES string of the molecule is N#Cc1cc(-c2nnc(/C=C/c3nnc(-c4ccc(S(N)(=O)=O)cn4)n3-c3ccccc3Cl)o2)ccn1. The van der Waals surface area contributed by atoms with E-state index in [4.69, 9.17) is 26.4 Å². The van der Waals surface area contributed by atoms with Crippen molar-refractivity contribution in [1.82, 2.24) is 34.9 Å². The molecule has 5 aromatic rings. The van der Waals surface area contributed by atoms with Gasteiger partial charge in [-0.25, -0.2) is 18.5 Å². The zero-order chi connectivity index (χ0) is 26.0. The maximum Gasteiger partial charge on any atom is 0.248 e. The van der Waals surface area contributed by atoms with Crippen LogP contribution in [0.3, 0.4) is 0 Å². The number of benzene rings is 1. The molecule has 0 aliphatic rings. The molecule has 2 N–H and O–H groups in total. The summed E-state index contributed by atoms with van der Waals surface area (Å²) in [6.07, 6.45) is 5.76. The van der Waals surface area contributed by atoms with Crippen LogP contribution in [0.4, 0.5) is 0 Å². The lowest BCUT2D eigenvalue weighted by atomic mass is 10.2. The van der Waals surface area contributed by atoms with E-state index in [0.717, 1.165) is 6.20 Å². The number of aromatic nitrogens is 7. The molecule has 0 unspecified atom stereocenters. The number of halogens is 1. The van der Waals surface area contributed by atoms with Crippen LogP contribution in [-0.4, -0.2) is 43.3 Å². The van der Waals surface area contributed by atoms with E-state index in [-0.39, 0.29) is 22.4 Å². The molecule has 12 nitrogen and oxygen atoms in total. The number of primary sulfonamides is 1. The van der Waals surface area contributed by atoms with Crippen LogP contribution in [0.15, 0.2) is 70.2 Å². The van der Waals surface area contributed by atoms with E-state index in [2.05, 4.69) is 30.4 Å². The van der Waals surface area contributed by atoms with Crippen LogP contribution in [0.1, 0.15) is 17.4 Å². The Morgan fingerprint density at radius 3 is 2.59 bits per heavy atom. The first kappa shape index (κ1) is 23.9. The van der Waals surface area contributed by atoms with Crippen molar-refractivity contribution in [2.45, 2.75) is 4.90 Å². The second kappa shape index (κ2) is 9.70. The van der Waals surface area contributed by atoms with E-state index in [1.54, 1.807) is 47.1 Å². The van der Waals surface area contributed by atoms with Gasteiger partial charge in [0.15, 0.2) is 11.6 Å². The highest BCUT2D eigenvalue weighted by molar-refractivity contribution is 7.89. The van der Waals surface area contributed by atoms with Gasteiger partial charge in [0.05, 0.1) is 10.7 Å². The standard InChI is InChI=1S/C23H14ClN9O3S/c24-17-3-1-2-4-19(17)33-20(29-31-22(33)18-6-5-16(13-28-18)37(26,34)35)7-8-21-30-32-23(36-21)14-9-10-27-15(11-14)12-25/h1-11,13H,(H2,26,34,35)/b8-7+. The van der Waals surface area contributed by atoms with E-state index < -0.39 is 10.0 Å². The fourth-order valence-electron chi connectivity index (χ4n) is 3.31. The van der Waals surface area contributed by atoms with Gasteiger partial charge in [-0.15, -0.1) is 20.4 Å². The summed E-state index contributed by atoms with van der Waals surface area (Å²) in [5, 5.41) is 31.1. The van der Waals surface area contributed by atoms with Crippen molar-refractivity contribution in [3.8, 4) is 34.7 Å². The summed E-state index contributed by atoms with van der Waals surface area (Å²) in [5.74, 6) is 1.05. The molecule has 1 aromatic carbocycles. The van der Waals surface area contributed by atoms with Crippen molar-refractivity contribution in [2.24, 2.45) is 5.14 Å². The third-order valence-corrected chi connectivity index (χ3v) is 6.23. The fourth-order valence-corrected chi connectivity index (χ4v) is 3.99. The van der Waals surface area contributed by atoms with Crippen molar-refractivity contribution < 1.29 is 12.8 Å². The Morgan fingerprint density at radius 2 is 1.86 bits per heavy atom. The minimum atomic E-state index is -3.91. The average molecular weight is 532 g/mol. The molecule has 5 rings (SSSR count). The van der Waals surface area contributed by atoms with Gasteiger partial charge >= 0.3 is 0 Å². The molecule has 0 aliphatic heterocycles. The topological polar surface area (TPSA) is 179 Å². The number of nitrogens with zero attached hydrogens (tertiary/aromatic N) is 8. The van der Waals surface area contributed by atoms with Gasteiger partial charge in [-0.1, -0.05) is 23.7 Å². The molecule has 0 amide bonds. The molecule has 0 spiro atoms. The van der Waals surface area contributed by atoms with Gasteiger partial charge < -0.3 is 4.42 Å². The Labute approximate surface area is 214 Å². The highest BCUT2D eigenvalue weighted by Crippen LogP contribution is 2.28. The van der Waals surface area contributed by atoms with Crippen molar-refractivity contribution >= 4 is 33.8 Å². The number of hydrogen-bond acceptors (Lipinski definition) is 10. The molecule has 4 aromatic heterocycles. The third-order valence-electron chi connectivity index (χ3n) is 5.01. The minimum absolute atomic E-state index is 0.136. The van der Waals surface area contributed by atoms with E-state index in [0.29, 0.717) is 33.6 Å². The smallest absolute Gasteiger partial charge is 0.248 e. The lowest BCUT2D eigenvalue weighted by molar-refractivity contribution is 0.557. The zero-order valence-corrected chi connectivity index (χ0v) is 20.2.